The van der Waals surface area contributed by atoms with Crippen molar-refractivity contribution in [1.82, 2.24) is 19.9 Å². The van der Waals surface area contributed by atoms with Crippen molar-refractivity contribution in [3.8, 4) is 0 Å². The topological polar surface area (TPSA) is 62.2 Å². The molecule has 0 N–H and O–H groups in total. The van der Waals surface area contributed by atoms with Gasteiger partial charge in [0.25, 0.3) is 0 Å². The summed E-state index contributed by atoms with van der Waals surface area (Å²) in [6.45, 7) is 4.80. The number of amides is 1. The molecular weight excluding hydrogens is 362 g/mol. The Labute approximate surface area is 169 Å². The minimum absolute atomic E-state index is 0.122. The van der Waals surface area contributed by atoms with Crippen molar-refractivity contribution in [1.29, 1.82) is 0 Å². The largest absolute Gasteiger partial charge is 0.355 e. The highest BCUT2D eigenvalue weighted by Gasteiger charge is 2.33. The molecule has 6 heteroatoms. The monoisotopic (exact) mass is 385 g/mol. The number of hydrogen-bond donors (Lipinski definition) is 0. The lowest BCUT2D eigenvalue weighted by Crippen LogP contribution is -2.46. The maximum absolute atomic E-state index is 11.6. The Balaban J connectivity index is 1.34. The molecule has 29 heavy (non-hydrogen) atoms. The number of rotatable bonds is 3. The third-order valence-corrected chi connectivity index (χ3v) is 5.86. The summed E-state index contributed by atoms with van der Waals surface area (Å²) in [7, 11) is 0. The van der Waals surface area contributed by atoms with Crippen molar-refractivity contribution in [2.45, 2.75) is 19.3 Å². The normalized spacial score (nSPS) is 17.2. The van der Waals surface area contributed by atoms with Gasteiger partial charge in [-0.3, -0.25) is 14.8 Å². The van der Waals surface area contributed by atoms with Gasteiger partial charge in [0.05, 0.1) is 16.9 Å². The molecule has 0 bridgehead atoms. The summed E-state index contributed by atoms with van der Waals surface area (Å²) in [5, 5.41) is 1.16. The van der Waals surface area contributed by atoms with E-state index < -0.39 is 0 Å². The molecule has 4 heterocycles. The zero-order valence-electron chi connectivity index (χ0n) is 16.5. The summed E-state index contributed by atoms with van der Waals surface area (Å²) in [5.41, 5.74) is 4.28. The second-order valence-electron chi connectivity index (χ2n) is 7.70. The van der Waals surface area contributed by atoms with Gasteiger partial charge in [-0.25, -0.2) is 4.98 Å². The fourth-order valence-corrected chi connectivity index (χ4v) is 4.14. The quantitative estimate of drug-likeness (QED) is 0.692. The molecule has 1 saturated heterocycles. The van der Waals surface area contributed by atoms with Crippen LogP contribution in [-0.2, 0) is 4.79 Å². The molecular formula is C23H23N5O. The molecule has 2 aliphatic heterocycles. The summed E-state index contributed by atoms with van der Waals surface area (Å²) in [6.07, 6.45) is 6.49. The summed E-state index contributed by atoms with van der Waals surface area (Å²) >= 11 is 0. The van der Waals surface area contributed by atoms with Crippen LogP contribution in [0.4, 0.5) is 5.82 Å². The molecule has 146 valence electrons. The van der Waals surface area contributed by atoms with Crippen LogP contribution in [0.1, 0.15) is 30.7 Å². The van der Waals surface area contributed by atoms with Gasteiger partial charge in [-0.05, 0) is 30.2 Å². The molecule has 0 unspecified atom stereocenters. The van der Waals surface area contributed by atoms with Gasteiger partial charge in [-0.1, -0.05) is 24.3 Å². The number of aromatic nitrogens is 3. The molecule has 0 saturated carbocycles. The average Bonchev–Trinajstić information content (AvgIpc) is 2.73. The lowest BCUT2D eigenvalue weighted by Gasteiger charge is -2.40. The van der Waals surface area contributed by atoms with Crippen LogP contribution in [-0.4, -0.2) is 51.9 Å². The number of fused-ring (bicyclic) bond motifs is 1. The van der Waals surface area contributed by atoms with E-state index >= 15 is 0 Å². The molecule has 0 spiro atoms. The predicted molar refractivity (Wildman–Crippen MR) is 114 cm³/mol. The van der Waals surface area contributed by atoms with E-state index in [1.54, 1.807) is 19.3 Å². The SMILES string of the molecule is CC(=O)N1CC=C(c2nccnc2C2CN(c3ccc4ccccc4n3)C2)CC1. The Morgan fingerprint density at radius 2 is 1.90 bits per heavy atom. The van der Waals surface area contributed by atoms with E-state index in [1.807, 2.05) is 17.0 Å². The summed E-state index contributed by atoms with van der Waals surface area (Å²) in [4.78, 5) is 29.9. The first-order chi connectivity index (χ1) is 14.2. The van der Waals surface area contributed by atoms with Gasteiger partial charge in [0.1, 0.15) is 5.82 Å². The molecule has 5 rings (SSSR count). The first kappa shape index (κ1) is 17.8. The Hall–Kier alpha value is -3.28. The van der Waals surface area contributed by atoms with Crippen LogP contribution in [0.5, 0.6) is 0 Å². The third-order valence-electron chi connectivity index (χ3n) is 5.86. The van der Waals surface area contributed by atoms with Crippen LogP contribution in [0.3, 0.4) is 0 Å². The van der Waals surface area contributed by atoms with Crippen LogP contribution < -0.4 is 4.90 Å². The van der Waals surface area contributed by atoms with Crippen molar-refractivity contribution >= 4 is 28.2 Å². The van der Waals surface area contributed by atoms with Gasteiger partial charge in [0, 0.05) is 56.8 Å². The van der Waals surface area contributed by atoms with E-state index in [0.29, 0.717) is 12.5 Å². The molecule has 3 aromatic rings. The van der Waals surface area contributed by atoms with Gasteiger partial charge in [-0.2, -0.15) is 0 Å². The van der Waals surface area contributed by atoms with E-state index in [4.69, 9.17) is 4.98 Å². The Morgan fingerprint density at radius 3 is 2.69 bits per heavy atom. The van der Waals surface area contributed by atoms with Crippen molar-refractivity contribution in [3.05, 3.63) is 66.3 Å². The van der Waals surface area contributed by atoms with Crippen LogP contribution in [0.2, 0.25) is 0 Å². The molecule has 1 amide bonds. The smallest absolute Gasteiger partial charge is 0.219 e. The van der Waals surface area contributed by atoms with Crippen molar-refractivity contribution in [2.75, 3.05) is 31.1 Å². The fraction of sp³-hybridized carbons (Fsp3) is 0.304. The number of carbonyl (C=O) groups is 1. The number of hydrogen-bond acceptors (Lipinski definition) is 5. The molecule has 2 aromatic heterocycles. The number of nitrogens with zero attached hydrogens (tertiary/aromatic N) is 5. The second-order valence-corrected chi connectivity index (χ2v) is 7.70. The third kappa shape index (κ3) is 3.35. The highest BCUT2D eigenvalue weighted by atomic mass is 16.2. The highest BCUT2D eigenvalue weighted by Crippen LogP contribution is 2.34. The van der Waals surface area contributed by atoms with Crippen LogP contribution >= 0.6 is 0 Å². The molecule has 0 radical (unpaired) electrons. The second kappa shape index (κ2) is 7.28. The van der Waals surface area contributed by atoms with Gasteiger partial charge in [-0.15, -0.1) is 0 Å². The highest BCUT2D eigenvalue weighted by molar-refractivity contribution is 5.80. The minimum atomic E-state index is 0.122. The van der Waals surface area contributed by atoms with E-state index in [9.17, 15) is 4.79 Å². The summed E-state index contributed by atoms with van der Waals surface area (Å²) in [5.74, 6) is 1.48. The number of benzene rings is 1. The molecule has 2 aliphatic rings. The fourth-order valence-electron chi connectivity index (χ4n) is 4.14. The van der Waals surface area contributed by atoms with Crippen LogP contribution in [0.25, 0.3) is 16.5 Å². The number of pyridine rings is 1. The van der Waals surface area contributed by atoms with Crippen molar-refractivity contribution in [3.63, 3.8) is 0 Å². The standard InChI is InChI=1S/C23H23N5O/c1-16(29)27-12-8-18(9-13-27)22-23(25-11-10-24-22)19-14-28(15-19)21-7-6-17-4-2-3-5-20(17)26-21/h2-8,10-11,19H,9,12-15H2,1H3. The lowest BCUT2D eigenvalue weighted by atomic mass is 9.90. The van der Waals surface area contributed by atoms with E-state index in [1.165, 1.54) is 5.57 Å². The number of para-hydroxylation sites is 1. The zero-order valence-corrected chi connectivity index (χ0v) is 16.5. The predicted octanol–water partition coefficient (Wildman–Crippen LogP) is 3.26. The maximum Gasteiger partial charge on any atom is 0.219 e. The first-order valence-corrected chi connectivity index (χ1v) is 10.1. The first-order valence-electron chi connectivity index (χ1n) is 10.1. The molecule has 0 aliphatic carbocycles. The summed E-state index contributed by atoms with van der Waals surface area (Å²) in [6, 6.07) is 12.4. The summed E-state index contributed by atoms with van der Waals surface area (Å²) < 4.78 is 0. The molecule has 1 fully saturated rings. The van der Waals surface area contributed by atoms with E-state index in [2.05, 4.69) is 45.2 Å². The van der Waals surface area contributed by atoms with E-state index in [0.717, 1.165) is 54.2 Å². The van der Waals surface area contributed by atoms with Gasteiger partial charge in [0.15, 0.2) is 0 Å². The molecule has 1 aromatic carbocycles. The van der Waals surface area contributed by atoms with Crippen molar-refractivity contribution < 1.29 is 4.79 Å². The molecule has 6 nitrogen and oxygen atoms in total. The zero-order chi connectivity index (χ0) is 19.8. The number of carbonyl (C=O) groups excluding carboxylic acids is 1. The lowest BCUT2D eigenvalue weighted by molar-refractivity contribution is -0.128. The molecule has 0 atom stereocenters. The van der Waals surface area contributed by atoms with Crippen LogP contribution in [0, 0.1) is 0 Å². The van der Waals surface area contributed by atoms with Gasteiger partial charge >= 0.3 is 0 Å². The Bertz CT molecular complexity index is 1100. The van der Waals surface area contributed by atoms with E-state index in [-0.39, 0.29) is 5.91 Å². The Kier molecular flexibility index (Phi) is 4.46. The number of anilines is 1. The van der Waals surface area contributed by atoms with Crippen LogP contribution in [0.15, 0.2) is 54.9 Å². The van der Waals surface area contributed by atoms with Gasteiger partial charge < -0.3 is 9.80 Å². The minimum Gasteiger partial charge on any atom is -0.355 e. The Morgan fingerprint density at radius 1 is 1.07 bits per heavy atom. The maximum atomic E-state index is 11.6. The average molecular weight is 385 g/mol. The van der Waals surface area contributed by atoms with Crippen molar-refractivity contribution in [2.24, 2.45) is 0 Å². The van der Waals surface area contributed by atoms with Gasteiger partial charge in [0.2, 0.25) is 5.91 Å².